The van der Waals surface area contributed by atoms with Crippen LogP contribution < -0.4 is 37.9 Å². The Morgan fingerprint density at radius 1 is 0.769 bits per heavy atom. The van der Waals surface area contributed by atoms with E-state index in [4.69, 9.17) is 19.6 Å². The number of hydrogen-bond acceptors (Lipinski definition) is 9. The Labute approximate surface area is 299 Å². The van der Waals surface area contributed by atoms with Gasteiger partial charge < -0.3 is 40.9 Å². The Bertz CT molecular complexity index is 1930. The molecule has 0 radical (unpaired) electrons. The third-order valence-electron chi connectivity index (χ3n) is 7.83. The molecule has 7 N–H and O–H groups in total. The minimum absolute atomic E-state index is 0.0160. The maximum Gasteiger partial charge on any atom is 0.411 e. The van der Waals surface area contributed by atoms with Gasteiger partial charge in [-0.1, -0.05) is 56.3 Å². The number of ether oxygens (including phenoxy) is 2. The van der Waals surface area contributed by atoms with Crippen molar-refractivity contribution in [2.75, 3.05) is 17.2 Å². The summed E-state index contributed by atoms with van der Waals surface area (Å²) < 4.78 is 15.8. The lowest BCUT2D eigenvalue weighted by molar-refractivity contribution is -0.128. The summed E-state index contributed by atoms with van der Waals surface area (Å²) in [6.45, 7) is 5.39. The van der Waals surface area contributed by atoms with E-state index in [0.29, 0.717) is 28.9 Å². The van der Waals surface area contributed by atoms with Crippen LogP contribution in [0.1, 0.15) is 43.4 Å². The average Bonchev–Trinajstić information content (AvgIpc) is 3.10. The van der Waals surface area contributed by atoms with Gasteiger partial charge in [-0.25, -0.2) is 19.2 Å². The number of anilines is 2. The number of primary amides is 1. The summed E-state index contributed by atoms with van der Waals surface area (Å²) in [5, 5.41) is 13.9. The second-order valence-corrected chi connectivity index (χ2v) is 12.3. The molecule has 0 bridgehead atoms. The number of carbonyl (C=O) groups is 5. The Morgan fingerprint density at radius 2 is 1.42 bits per heavy atom. The number of carbonyl (C=O) groups excluding carboxylic acids is 5. The van der Waals surface area contributed by atoms with E-state index in [2.05, 4.69) is 26.6 Å². The maximum absolute atomic E-state index is 13.4. The van der Waals surface area contributed by atoms with Crippen molar-refractivity contribution in [1.29, 1.82) is 0 Å². The van der Waals surface area contributed by atoms with Gasteiger partial charge >= 0.3 is 23.8 Å². The van der Waals surface area contributed by atoms with Gasteiger partial charge in [-0.2, -0.15) is 0 Å². The highest BCUT2D eigenvalue weighted by Crippen LogP contribution is 2.21. The lowest BCUT2D eigenvalue weighted by atomic mass is 10.0. The molecule has 0 unspecified atom stereocenters. The Balaban J connectivity index is 1.32. The fourth-order valence-electron chi connectivity index (χ4n) is 5.09. The van der Waals surface area contributed by atoms with Gasteiger partial charge in [0, 0.05) is 35.4 Å². The largest absolute Gasteiger partial charge is 0.445 e. The minimum atomic E-state index is -1.04. The Hall–Kier alpha value is -6.38. The topological polar surface area (TPSA) is 220 Å². The van der Waals surface area contributed by atoms with Gasteiger partial charge in [0.05, 0.1) is 0 Å². The average molecular weight is 715 g/mol. The van der Waals surface area contributed by atoms with Gasteiger partial charge in [-0.05, 0) is 66.6 Å². The number of nitrogens with two attached hydrogens (primary N) is 1. The van der Waals surface area contributed by atoms with E-state index < -0.39 is 47.7 Å². The normalized spacial score (nSPS) is 11.9. The zero-order chi connectivity index (χ0) is 37.6. The predicted octanol–water partition coefficient (Wildman–Crippen LogP) is 4.67. The Kier molecular flexibility index (Phi) is 13.7. The second-order valence-electron chi connectivity index (χ2n) is 12.3. The molecule has 0 saturated heterocycles. The van der Waals surface area contributed by atoms with Gasteiger partial charge in [0.15, 0.2) is 0 Å². The highest BCUT2D eigenvalue weighted by atomic mass is 16.6. The number of rotatable bonds is 15. The summed E-state index contributed by atoms with van der Waals surface area (Å²) in [6.07, 6.45) is -1.06. The lowest BCUT2D eigenvalue weighted by Gasteiger charge is -2.25. The van der Waals surface area contributed by atoms with Gasteiger partial charge in [0.25, 0.3) is 0 Å². The molecular formula is C37H42N6O9. The standard InChI is InChI=1S/C37H42N6O9/c1-22(2)32(43-37(49)51-20-24-8-5-4-6-9-24)34(46)42-29(10-7-17-39-35(38)47)33(45)40-26-13-11-25(12-14-26)21-50-36(48)41-27-15-16-28-23(3)18-31(44)52-30(28)19-27/h4-6,8-9,11-16,18-19,22,29,32H,7,10,17,20-21H2,1-3H3,(H,40,45)(H,41,48)(H,42,46)(H,43,49)(H3,38,39,47)/t29-,32-/m0/s1. The first-order valence-corrected chi connectivity index (χ1v) is 16.6. The fourth-order valence-corrected chi connectivity index (χ4v) is 5.09. The van der Waals surface area contributed by atoms with Gasteiger partial charge in [-0.15, -0.1) is 0 Å². The molecule has 2 atom stereocenters. The molecule has 15 heteroatoms. The quantitative estimate of drug-likeness (QED) is 0.0743. The minimum Gasteiger partial charge on any atom is -0.445 e. The molecule has 0 aliphatic carbocycles. The van der Waals surface area contributed by atoms with Gasteiger partial charge in [0.1, 0.15) is 30.9 Å². The molecular weight excluding hydrogens is 672 g/mol. The molecule has 1 aromatic heterocycles. The zero-order valence-electron chi connectivity index (χ0n) is 29.0. The van der Waals surface area contributed by atoms with Crippen LogP contribution in [-0.2, 0) is 32.3 Å². The van der Waals surface area contributed by atoms with Crippen molar-refractivity contribution < 1.29 is 37.9 Å². The third kappa shape index (κ3) is 11.9. The van der Waals surface area contributed by atoms with Crippen molar-refractivity contribution in [2.45, 2.75) is 58.9 Å². The van der Waals surface area contributed by atoms with E-state index in [0.717, 1.165) is 16.5 Å². The molecule has 6 amide bonds. The molecule has 15 nitrogen and oxygen atoms in total. The summed E-state index contributed by atoms with van der Waals surface area (Å²) in [5.41, 5.74) is 7.94. The fraction of sp³-hybridized carbons (Fsp3) is 0.297. The number of alkyl carbamates (subject to hydrolysis) is 1. The lowest BCUT2D eigenvalue weighted by Crippen LogP contribution is -2.54. The molecule has 0 aliphatic rings. The number of urea groups is 1. The van der Waals surface area contributed by atoms with E-state index in [1.165, 1.54) is 12.1 Å². The number of nitrogens with one attached hydrogen (secondary N) is 5. The predicted molar refractivity (Wildman–Crippen MR) is 193 cm³/mol. The molecule has 4 rings (SSSR count). The molecule has 0 saturated carbocycles. The molecule has 4 aromatic rings. The maximum atomic E-state index is 13.4. The number of fused-ring (bicyclic) bond motifs is 1. The summed E-state index contributed by atoms with van der Waals surface area (Å²) in [7, 11) is 0. The highest BCUT2D eigenvalue weighted by molar-refractivity contribution is 5.98. The molecule has 3 aromatic carbocycles. The van der Waals surface area contributed by atoms with E-state index in [1.807, 2.05) is 18.2 Å². The molecule has 274 valence electrons. The van der Waals surface area contributed by atoms with Gasteiger partial charge in [0.2, 0.25) is 11.8 Å². The summed E-state index contributed by atoms with van der Waals surface area (Å²) >= 11 is 0. The number of hydrogen-bond donors (Lipinski definition) is 6. The van der Waals surface area contributed by atoms with Crippen molar-refractivity contribution >= 4 is 52.4 Å². The van der Waals surface area contributed by atoms with Crippen LogP contribution in [0.3, 0.4) is 0 Å². The van der Waals surface area contributed by atoms with Crippen LogP contribution in [-0.4, -0.2) is 48.7 Å². The first-order chi connectivity index (χ1) is 24.9. The van der Waals surface area contributed by atoms with Crippen molar-refractivity contribution in [3.8, 4) is 0 Å². The molecule has 1 heterocycles. The van der Waals surface area contributed by atoms with Crippen LogP contribution in [0.15, 0.2) is 88.1 Å². The number of benzene rings is 3. The van der Waals surface area contributed by atoms with Crippen molar-refractivity contribution in [2.24, 2.45) is 11.7 Å². The summed E-state index contributed by atoms with van der Waals surface area (Å²) in [4.78, 5) is 74.6. The molecule has 0 aliphatic heterocycles. The first kappa shape index (κ1) is 38.4. The van der Waals surface area contributed by atoms with Crippen LogP contribution in [0.2, 0.25) is 0 Å². The summed E-state index contributed by atoms with van der Waals surface area (Å²) in [5.74, 6) is -1.48. The monoisotopic (exact) mass is 714 g/mol. The van der Waals surface area contributed by atoms with Crippen molar-refractivity contribution in [3.05, 3.63) is 106 Å². The van der Waals surface area contributed by atoms with Crippen LogP contribution in [0.25, 0.3) is 11.0 Å². The van der Waals surface area contributed by atoms with Crippen molar-refractivity contribution in [1.82, 2.24) is 16.0 Å². The van der Waals surface area contributed by atoms with E-state index in [-0.39, 0.29) is 32.1 Å². The van der Waals surface area contributed by atoms with Crippen LogP contribution in [0.4, 0.5) is 25.8 Å². The second kappa shape index (κ2) is 18.6. The SMILES string of the molecule is Cc1cc(=O)oc2cc(NC(=O)OCc3ccc(NC(=O)[C@H](CCCNC(N)=O)NC(=O)[C@@H](NC(=O)OCc4ccccc4)C(C)C)cc3)ccc12. The van der Waals surface area contributed by atoms with Crippen molar-refractivity contribution in [3.63, 3.8) is 0 Å². The highest BCUT2D eigenvalue weighted by Gasteiger charge is 2.29. The Morgan fingerprint density at radius 3 is 2.10 bits per heavy atom. The van der Waals surface area contributed by atoms with Crippen LogP contribution >= 0.6 is 0 Å². The van der Waals surface area contributed by atoms with E-state index in [1.54, 1.807) is 69.3 Å². The number of amides is 6. The molecule has 0 fully saturated rings. The van der Waals surface area contributed by atoms with Crippen LogP contribution in [0.5, 0.6) is 0 Å². The smallest absolute Gasteiger partial charge is 0.411 e. The van der Waals surface area contributed by atoms with Gasteiger partial charge in [-0.3, -0.25) is 14.9 Å². The molecule has 52 heavy (non-hydrogen) atoms. The first-order valence-electron chi connectivity index (χ1n) is 16.6. The van der Waals surface area contributed by atoms with E-state index in [9.17, 15) is 28.8 Å². The van der Waals surface area contributed by atoms with Crippen LogP contribution in [0, 0.1) is 12.8 Å². The number of aryl methyl sites for hydroxylation is 1. The molecule has 0 spiro atoms. The summed E-state index contributed by atoms with van der Waals surface area (Å²) in [6, 6.07) is 19.1. The third-order valence-corrected chi connectivity index (χ3v) is 7.83. The van der Waals surface area contributed by atoms with E-state index >= 15 is 0 Å². The zero-order valence-corrected chi connectivity index (χ0v) is 29.0.